The molecule has 124 valence electrons. The molecule has 0 radical (unpaired) electrons. The maximum absolute atomic E-state index is 12.0. The summed E-state index contributed by atoms with van der Waals surface area (Å²) < 4.78 is 3.01. The molecule has 0 bridgehead atoms. The summed E-state index contributed by atoms with van der Waals surface area (Å²) in [5.74, 6) is -0.761. The number of amides is 1. The summed E-state index contributed by atoms with van der Waals surface area (Å²) in [6.45, 7) is 6.37. The summed E-state index contributed by atoms with van der Waals surface area (Å²) in [4.78, 5) is 22.1. The zero-order valence-electron chi connectivity index (χ0n) is 13.0. The summed E-state index contributed by atoms with van der Waals surface area (Å²) >= 11 is 5.84. The lowest BCUT2D eigenvalue weighted by molar-refractivity contribution is -0.389. The molecule has 23 heavy (non-hydrogen) atoms. The molecule has 2 rings (SSSR count). The van der Waals surface area contributed by atoms with Gasteiger partial charge in [-0.2, -0.15) is 9.78 Å². The molecule has 0 aromatic carbocycles. The van der Waals surface area contributed by atoms with E-state index in [-0.39, 0.29) is 17.5 Å². The first-order valence-corrected chi connectivity index (χ1v) is 7.38. The van der Waals surface area contributed by atoms with Crippen molar-refractivity contribution in [3.63, 3.8) is 0 Å². The van der Waals surface area contributed by atoms with E-state index in [0.717, 1.165) is 17.8 Å². The largest absolute Gasteiger partial charge is 0.408 e. The van der Waals surface area contributed by atoms with Crippen LogP contribution in [0.3, 0.4) is 0 Å². The Kier molecular flexibility index (Phi) is 4.99. The Labute approximate surface area is 137 Å². The number of carbonyl (C=O) groups is 1. The van der Waals surface area contributed by atoms with Gasteiger partial charge in [0, 0.05) is 24.8 Å². The standard InChI is InChI=1S/C13H17ClN6O3/c1-4-18-6-10(8(2)16-18)5-15-11(21)7-19-9(3)12(14)13(17-19)20(22)23/h6H,4-5,7H2,1-3H3,(H,15,21). The van der Waals surface area contributed by atoms with Gasteiger partial charge in [0.1, 0.15) is 6.54 Å². The van der Waals surface area contributed by atoms with E-state index in [4.69, 9.17) is 11.6 Å². The second kappa shape index (κ2) is 6.78. The lowest BCUT2D eigenvalue weighted by atomic mass is 10.2. The molecule has 2 aromatic heterocycles. The van der Waals surface area contributed by atoms with Gasteiger partial charge in [0.25, 0.3) is 0 Å². The van der Waals surface area contributed by atoms with Crippen LogP contribution in [0.4, 0.5) is 5.82 Å². The molecule has 0 atom stereocenters. The number of aromatic nitrogens is 4. The van der Waals surface area contributed by atoms with Crippen LogP contribution in [0, 0.1) is 24.0 Å². The van der Waals surface area contributed by atoms with Crippen LogP contribution in [-0.4, -0.2) is 30.4 Å². The Morgan fingerprint density at radius 1 is 1.43 bits per heavy atom. The minimum Gasteiger partial charge on any atom is -0.358 e. The molecule has 0 spiro atoms. The van der Waals surface area contributed by atoms with E-state index < -0.39 is 10.7 Å². The maximum atomic E-state index is 12.0. The van der Waals surface area contributed by atoms with E-state index in [1.807, 2.05) is 20.0 Å². The Bertz CT molecular complexity index is 751. The maximum Gasteiger partial charge on any atom is 0.408 e. The van der Waals surface area contributed by atoms with E-state index in [1.54, 1.807) is 11.6 Å². The van der Waals surface area contributed by atoms with Crippen LogP contribution >= 0.6 is 11.6 Å². The quantitative estimate of drug-likeness (QED) is 0.634. The van der Waals surface area contributed by atoms with Gasteiger partial charge in [-0.05, 0) is 25.7 Å². The molecule has 9 nitrogen and oxygen atoms in total. The van der Waals surface area contributed by atoms with E-state index in [1.165, 1.54) is 4.68 Å². The van der Waals surface area contributed by atoms with Gasteiger partial charge in [-0.3, -0.25) is 9.48 Å². The number of nitro groups is 1. The van der Waals surface area contributed by atoms with Gasteiger partial charge in [-0.25, -0.2) is 0 Å². The van der Waals surface area contributed by atoms with Crippen molar-refractivity contribution < 1.29 is 9.72 Å². The van der Waals surface area contributed by atoms with Gasteiger partial charge < -0.3 is 15.4 Å². The molecule has 2 aromatic rings. The van der Waals surface area contributed by atoms with Gasteiger partial charge in [-0.1, -0.05) is 11.6 Å². The summed E-state index contributed by atoms with van der Waals surface area (Å²) in [6, 6.07) is 0. The molecule has 0 saturated carbocycles. The number of aryl methyl sites for hydroxylation is 2. The number of carbonyl (C=O) groups excluding carboxylic acids is 1. The second-order valence-electron chi connectivity index (χ2n) is 5.01. The van der Waals surface area contributed by atoms with Crippen LogP contribution < -0.4 is 5.32 Å². The van der Waals surface area contributed by atoms with E-state index >= 15 is 0 Å². The van der Waals surface area contributed by atoms with Crippen molar-refractivity contribution in [2.45, 2.75) is 40.4 Å². The molecule has 1 amide bonds. The van der Waals surface area contributed by atoms with E-state index in [0.29, 0.717) is 12.2 Å². The number of hydrogen-bond acceptors (Lipinski definition) is 5. The summed E-state index contributed by atoms with van der Waals surface area (Å²) in [7, 11) is 0. The van der Waals surface area contributed by atoms with Crippen LogP contribution in [0.15, 0.2) is 6.20 Å². The highest BCUT2D eigenvalue weighted by molar-refractivity contribution is 6.33. The molecule has 0 aliphatic rings. The summed E-state index contributed by atoms with van der Waals surface area (Å²) in [5.41, 5.74) is 2.14. The highest BCUT2D eigenvalue weighted by Gasteiger charge is 2.24. The Balaban J connectivity index is 2.01. The molecule has 2 heterocycles. The Morgan fingerprint density at radius 3 is 2.65 bits per heavy atom. The number of nitrogens with one attached hydrogen (secondary N) is 1. The monoisotopic (exact) mass is 340 g/mol. The van der Waals surface area contributed by atoms with Crippen molar-refractivity contribution in [2.75, 3.05) is 0 Å². The molecular weight excluding hydrogens is 324 g/mol. The molecular formula is C13H17ClN6O3. The van der Waals surface area contributed by atoms with Crippen LogP contribution in [0.2, 0.25) is 5.02 Å². The van der Waals surface area contributed by atoms with Crippen molar-refractivity contribution in [3.05, 3.63) is 38.3 Å². The van der Waals surface area contributed by atoms with Crippen molar-refractivity contribution in [1.29, 1.82) is 0 Å². The average molecular weight is 341 g/mol. The molecule has 10 heteroatoms. The zero-order chi connectivity index (χ0) is 17.1. The van der Waals surface area contributed by atoms with Crippen molar-refractivity contribution >= 4 is 23.3 Å². The number of hydrogen-bond donors (Lipinski definition) is 1. The van der Waals surface area contributed by atoms with Crippen molar-refractivity contribution in [2.24, 2.45) is 0 Å². The molecule has 0 fully saturated rings. The molecule has 0 aliphatic heterocycles. The minimum absolute atomic E-state index is 0.0529. The zero-order valence-corrected chi connectivity index (χ0v) is 13.8. The van der Waals surface area contributed by atoms with Gasteiger partial charge in [-0.15, -0.1) is 0 Å². The third kappa shape index (κ3) is 3.67. The normalized spacial score (nSPS) is 10.8. The van der Waals surface area contributed by atoms with Crippen LogP contribution in [0.5, 0.6) is 0 Å². The summed E-state index contributed by atoms with van der Waals surface area (Å²) in [6.07, 6.45) is 1.87. The first-order valence-electron chi connectivity index (χ1n) is 7.00. The van der Waals surface area contributed by atoms with Gasteiger partial charge in [0.05, 0.1) is 16.5 Å². The lowest BCUT2D eigenvalue weighted by Gasteiger charge is -2.03. The molecule has 1 N–H and O–H groups in total. The first kappa shape index (κ1) is 16.9. The van der Waals surface area contributed by atoms with Gasteiger partial charge in [0.15, 0.2) is 5.02 Å². The van der Waals surface area contributed by atoms with E-state index in [9.17, 15) is 14.9 Å². The highest BCUT2D eigenvalue weighted by atomic mass is 35.5. The van der Waals surface area contributed by atoms with Gasteiger partial charge in [0.2, 0.25) is 5.91 Å². The highest BCUT2D eigenvalue weighted by Crippen LogP contribution is 2.26. The molecule has 0 unspecified atom stereocenters. The number of nitrogens with zero attached hydrogens (tertiary/aromatic N) is 5. The lowest BCUT2D eigenvalue weighted by Crippen LogP contribution is -2.28. The topological polar surface area (TPSA) is 108 Å². The predicted molar refractivity (Wildman–Crippen MR) is 83.1 cm³/mol. The van der Waals surface area contributed by atoms with Gasteiger partial charge >= 0.3 is 5.82 Å². The number of rotatable bonds is 6. The smallest absolute Gasteiger partial charge is 0.358 e. The average Bonchev–Trinajstić information content (AvgIpc) is 3.00. The fourth-order valence-corrected chi connectivity index (χ4v) is 2.26. The van der Waals surface area contributed by atoms with Crippen LogP contribution in [0.1, 0.15) is 23.9 Å². The van der Waals surface area contributed by atoms with Crippen molar-refractivity contribution in [3.8, 4) is 0 Å². The third-order valence-corrected chi connectivity index (χ3v) is 3.87. The molecule has 0 aliphatic carbocycles. The van der Waals surface area contributed by atoms with Crippen LogP contribution in [0.25, 0.3) is 0 Å². The predicted octanol–water partition coefficient (Wildman–Crippen LogP) is 1.59. The fourth-order valence-electron chi connectivity index (χ4n) is 2.06. The fraction of sp³-hybridized carbons (Fsp3) is 0.462. The Hall–Kier alpha value is -2.42. The summed E-state index contributed by atoms with van der Waals surface area (Å²) in [5, 5.41) is 21.5. The van der Waals surface area contributed by atoms with Crippen molar-refractivity contribution in [1.82, 2.24) is 24.9 Å². The van der Waals surface area contributed by atoms with Crippen LogP contribution in [-0.2, 0) is 24.4 Å². The third-order valence-electron chi connectivity index (χ3n) is 3.43. The molecule has 0 saturated heterocycles. The SMILES string of the molecule is CCn1cc(CNC(=O)Cn2nc([N+](=O)[O-])c(Cl)c2C)c(C)n1. The Morgan fingerprint density at radius 2 is 2.13 bits per heavy atom. The minimum atomic E-state index is -0.674. The first-order chi connectivity index (χ1) is 10.8. The van der Waals surface area contributed by atoms with E-state index in [2.05, 4.69) is 15.5 Å². The second-order valence-corrected chi connectivity index (χ2v) is 5.39. The number of halogens is 1.